The van der Waals surface area contributed by atoms with Gasteiger partial charge in [-0.2, -0.15) is 0 Å². The molecule has 144 valence electrons. The van der Waals surface area contributed by atoms with Gasteiger partial charge < -0.3 is 9.73 Å². The first-order chi connectivity index (χ1) is 14.2. The van der Waals surface area contributed by atoms with Crippen molar-refractivity contribution < 1.29 is 9.21 Å². The third-order valence-corrected chi connectivity index (χ3v) is 5.26. The second kappa shape index (κ2) is 8.94. The van der Waals surface area contributed by atoms with Crippen molar-refractivity contribution >= 4 is 35.0 Å². The number of nitrogens with zero attached hydrogens (tertiary/aromatic N) is 2. The zero-order valence-electron chi connectivity index (χ0n) is 15.2. The van der Waals surface area contributed by atoms with Gasteiger partial charge in [0.25, 0.3) is 5.22 Å². The van der Waals surface area contributed by atoms with Gasteiger partial charge in [0.15, 0.2) is 0 Å². The van der Waals surface area contributed by atoms with Crippen molar-refractivity contribution in [3.63, 3.8) is 0 Å². The molecule has 0 spiro atoms. The molecule has 1 heterocycles. The molecule has 0 aliphatic rings. The highest BCUT2D eigenvalue weighted by atomic mass is 35.5. The third kappa shape index (κ3) is 4.85. The Morgan fingerprint density at radius 1 is 0.897 bits per heavy atom. The van der Waals surface area contributed by atoms with Gasteiger partial charge in [0.2, 0.25) is 11.8 Å². The van der Waals surface area contributed by atoms with Crippen LogP contribution in [0.2, 0.25) is 5.02 Å². The number of amides is 1. The Morgan fingerprint density at radius 3 is 2.34 bits per heavy atom. The fourth-order valence-corrected chi connectivity index (χ4v) is 3.49. The van der Waals surface area contributed by atoms with Gasteiger partial charge in [-0.05, 0) is 35.4 Å². The normalized spacial score (nSPS) is 10.7. The Labute approximate surface area is 177 Å². The summed E-state index contributed by atoms with van der Waals surface area (Å²) in [4.78, 5) is 12.2. The van der Waals surface area contributed by atoms with Crippen LogP contribution in [-0.2, 0) is 4.79 Å². The fourth-order valence-electron chi connectivity index (χ4n) is 2.71. The fraction of sp³-hybridized carbons (Fsp3) is 0.0455. The van der Waals surface area contributed by atoms with Crippen LogP contribution in [0.4, 0.5) is 5.69 Å². The zero-order chi connectivity index (χ0) is 20.1. The average Bonchev–Trinajstić information content (AvgIpc) is 3.23. The van der Waals surface area contributed by atoms with E-state index in [1.807, 2.05) is 66.7 Å². The van der Waals surface area contributed by atoms with E-state index in [9.17, 15) is 4.79 Å². The molecule has 29 heavy (non-hydrogen) atoms. The molecule has 1 aromatic heterocycles. The van der Waals surface area contributed by atoms with Gasteiger partial charge in [-0.1, -0.05) is 78.0 Å². The summed E-state index contributed by atoms with van der Waals surface area (Å²) < 4.78 is 5.59. The smallest absolute Gasteiger partial charge is 0.277 e. The highest BCUT2D eigenvalue weighted by Gasteiger charge is 2.13. The van der Waals surface area contributed by atoms with Gasteiger partial charge in [0.1, 0.15) is 0 Å². The lowest BCUT2D eigenvalue weighted by Gasteiger charge is -2.06. The molecule has 0 aliphatic heterocycles. The van der Waals surface area contributed by atoms with E-state index in [1.165, 1.54) is 11.8 Å². The summed E-state index contributed by atoms with van der Waals surface area (Å²) in [5.41, 5.74) is 3.62. The number of carbonyl (C=O) groups is 1. The summed E-state index contributed by atoms with van der Waals surface area (Å²) in [5.74, 6) is 0.333. The number of hydrogen-bond donors (Lipinski definition) is 1. The summed E-state index contributed by atoms with van der Waals surface area (Å²) >= 11 is 7.31. The quantitative estimate of drug-likeness (QED) is 0.399. The van der Waals surface area contributed by atoms with Crippen LogP contribution in [0.5, 0.6) is 0 Å². The number of aromatic nitrogens is 2. The van der Waals surface area contributed by atoms with Gasteiger partial charge >= 0.3 is 0 Å². The van der Waals surface area contributed by atoms with E-state index in [1.54, 1.807) is 12.1 Å². The lowest BCUT2D eigenvalue weighted by Crippen LogP contribution is -2.13. The maximum absolute atomic E-state index is 12.2. The molecule has 3 aromatic carbocycles. The number of hydrogen-bond acceptors (Lipinski definition) is 5. The van der Waals surface area contributed by atoms with Crippen molar-refractivity contribution in [2.24, 2.45) is 0 Å². The summed E-state index contributed by atoms with van der Waals surface area (Å²) in [5, 5.41) is 11.7. The second-order valence-corrected chi connectivity index (χ2v) is 7.47. The number of carbonyl (C=O) groups excluding carboxylic acids is 1. The Bertz CT molecular complexity index is 1110. The molecule has 1 amide bonds. The van der Waals surface area contributed by atoms with E-state index >= 15 is 0 Å². The number of thioether (sulfide) groups is 1. The van der Waals surface area contributed by atoms with Crippen LogP contribution < -0.4 is 5.32 Å². The van der Waals surface area contributed by atoms with E-state index in [0.29, 0.717) is 21.7 Å². The maximum atomic E-state index is 12.2. The van der Waals surface area contributed by atoms with Crippen LogP contribution in [-0.4, -0.2) is 21.9 Å². The summed E-state index contributed by atoms with van der Waals surface area (Å²) in [6.45, 7) is 0. The largest absolute Gasteiger partial charge is 0.411 e. The lowest BCUT2D eigenvalue weighted by atomic mass is 10.1. The molecule has 1 N–H and O–H groups in total. The maximum Gasteiger partial charge on any atom is 0.277 e. The molecule has 0 aliphatic carbocycles. The number of anilines is 1. The van der Waals surface area contributed by atoms with Gasteiger partial charge in [-0.15, -0.1) is 10.2 Å². The minimum Gasteiger partial charge on any atom is -0.411 e. The topological polar surface area (TPSA) is 68.0 Å². The number of rotatable bonds is 6. The molecule has 5 nitrogen and oxygen atoms in total. The molecule has 0 atom stereocenters. The van der Waals surface area contributed by atoms with Crippen LogP contribution in [0.15, 0.2) is 88.5 Å². The molecule has 0 saturated carbocycles. The minimum atomic E-state index is -0.153. The Balaban J connectivity index is 1.33. The lowest BCUT2D eigenvalue weighted by molar-refractivity contribution is -0.113. The summed E-state index contributed by atoms with van der Waals surface area (Å²) in [7, 11) is 0. The van der Waals surface area contributed by atoms with Gasteiger partial charge in [0.05, 0.1) is 16.3 Å². The standard InChI is InChI=1S/C22H16ClN3O2S/c23-19-9-5-4-8-18(19)21-25-26-22(28-21)29-14-20(27)24-17-12-10-16(11-13-17)15-6-2-1-3-7-15/h1-13H,14H2,(H,24,27). The Kier molecular flexibility index (Phi) is 5.93. The summed E-state index contributed by atoms with van der Waals surface area (Å²) in [6.07, 6.45) is 0. The van der Waals surface area contributed by atoms with E-state index in [-0.39, 0.29) is 11.7 Å². The summed E-state index contributed by atoms with van der Waals surface area (Å²) in [6, 6.07) is 25.0. The molecule has 0 saturated heterocycles. The Morgan fingerprint density at radius 2 is 1.59 bits per heavy atom. The zero-order valence-corrected chi connectivity index (χ0v) is 16.8. The average molecular weight is 422 g/mol. The molecule has 0 fully saturated rings. The van der Waals surface area contributed by atoms with Crippen molar-refractivity contribution in [2.75, 3.05) is 11.1 Å². The molecule has 4 aromatic rings. The van der Waals surface area contributed by atoms with E-state index in [0.717, 1.165) is 16.8 Å². The van der Waals surface area contributed by atoms with Gasteiger partial charge in [0, 0.05) is 5.69 Å². The van der Waals surface area contributed by atoms with Crippen molar-refractivity contribution in [3.05, 3.63) is 83.9 Å². The number of nitrogens with one attached hydrogen (secondary N) is 1. The molecule has 4 rings (SSSR count). The second-order valence-electron chi connectivity index (χ2n) is 6.13. The first-order valence-corrected chi connectivity index (χ1v) is 10.2. The van der Waals surface area contributed by atoms with E-state index in [4.69, 9.17) is 16.0 Å². The minimum absolute atomic E-state index is 0.153. The Hall–Kier alpha value is -3.09. The third-order valence-electron chi connectivity index (χ3n) is 4.11. The van der Waals surface area contributed by atoms with Crippen molar-refractivity contribution in [1.82, 2.24) is 10.2 Å². The van der Waals surface area contributed by atoms with Crippen LogP contribution in [0.25, 0.3) is 22.6 Å². The highest BCUT2D eigenvalue weighted by Crippen LogP contribution is 2.28. The molecule has 0 bridgehead atoms. The van der Waals surface area contributed by atoms with Crippen LogP contribution in [0.3, 0.4) is 0 Å². The SMILES string of the molecule is O=C(CSc1nnc(-c2ccccc2Cl)o1)Nc1ccc(-c2ccccc2)cc1. The molecular weight excluding hydrogens is 406 g/mol. The van der Waals surface area contributed by atoms with E-state index < -0.39 is 0 Å². The van der Waals surface area contributed by atoms with Crippen molar-refractivity contribution in [2.45, 2.75) is 5.22 Å². The van der Waals surface area contributed by atoms with Crippen molar-refractivity contribution in [3.8, 4) is 22.6 Å². The number of benzene rings is 3. The first-order valence-electron chi connectivity index (χ1n) is 8.85. The van der Waals surface area contributed by atoms with Crippen LogP contribution in [0, 0.1) is 0 Å². The predicted molar refractivity (Wildman–Crippen MR) is 116 cm³/mol. The molecular formula is C22H16ClN3O2S. The van der Waals surface area contributed by atoms with E-state index in [2.05, 4.69) is 15.5 Å². The number of halogens is 1. The van der Waals surface area contributed by atoms with Gasteiger partial charge in [-0.3, -0.25) is 4.79 Å². The molecule has 0 unspecified atom stereocenters. The van der Waals surface area contributed by atoms with Crippen LogP contribution >= 0.6 is 23.4 Å². The predicted octanol–water partition coefficient (Wildman–Crippen LogP) is 5.79. The molecule has 7 heteroatoms. The first kappa shape index (κ1) is 19.2. The van der Waals surface area contributed by atoms with Crippen molar-refractivity contribution in [1.29, 1.82) is 0 Å². The van der Waals surface area contributed by atoms with Crippen LogP contribution in [0.1, 0.15) is 0 Å². The molecule has 0 radical (unpaired) electrons. The van der Waals surface area contributed by atoms with Gasteiger partial charge in [-0.25, -0.2) is 0 Å². The highest BCUT2D eigenvalue weighted by molar-refractivity contribution is 7.99. The monoisotopic (exact) mass is 421 g/mol.